The highest BCUT2D eigenvalue weighted by Crippen LogP contribution is 2.22. The monoisotopic (exact) mass is 387 g/mol. The number of amides is 1. The number of aryl methyl sites for hydroxylation is 2. The molecule has 0 bridgehead atoms. The number of rotatable bonds is 7. The summed E-state index contributed by atoms with van der Waals surface area (Å²) in [7, 11) is 0. The van der Waals surface area contributed by atoms with Crippen molar-refractivity contribution < 1.29 is 14.3 Å². The molecule has 0 fully saturated rings. The van der Waals surface area contributed by atoms with Gasteiger partial charge in [-0.15, -0.1) is 0 Å². The lowest BCUT2D eigenvalue weighted by molar-refractivity contribution is -0.142. The third kappa shape index (κ3) is 5.33. The van der Waals surface area contributed by atoms with Crippen LogP contribution in [0.1, 0.15) is 17.5 Å². The molecule has 0 spiro atoms. The van der Waals surface area contributed by atoms with Crippen molar-refractivity contribution in [1.82, 2.24) is 4.57 Å². The van der Waals surface area contributed by atoms with Crippen LogP contribution in [-0.2, 0) is 20.9 Å². The molecule has 0 aliphatic rings. The average Bonchev–Trinajstić information content (AvgIpc) is 3.09. The van der Waals surface area contributed by atoms with Crippen LogP contribution in [0.2, 0.25) is 0 Å². The van der Waals surface area contributed by atoms with Crippen molar-refractivity contribution in [3.8, 4) is 6.07 Å². The van der Waals surface area contributed by atoms with E-state index in [1.165, 1.54) is 6.08 Å². The summed E-state index contributed by atoms with van der Waals surface area (Å²) in [6.45, 7) is 2.18. The maximum absolute atomic E-state index is 12.0. The minimum atomic E-state index is -0.599. The fourth-order valence-electron chi connectivity index (χ4n) is 2.94. The normalized spacial score (nSPS) is 10.8. The van der Waals surface area contributed by atoms with Crippen molar-refractivity contribution in [2.75, 3.05) is 11.9 Å². The van der Waals surface area contributed by atoms with Crippen molar-refractivity contribution in [2.24, 2.45) is 0 Å². The maximum atomic E-state index is 12.0. The van der Waals surface area contributed by atoms with E-state index < -0.39 is 11.9 Å². The molecule has 0 saturated heterocycles. The van der Waals surface area contributed by atoms with Crippen LogP contribution in [-0.4, -0.2) is 23.1 Å². The van der Waals surface area contributed by atoms with E-state index >= 15 is 0 Å². The highest BCUT2D eigenvalue weighted by molar-refractivity contribution is 5.96. The number of hydrogen-bond acceptors (Lipinski definition) is 4. The van der Waals surface area contributed by atoms with Gasteiger partial charge in [0.05, 0.1) is 12.5 Å². The highest BCUT2D eigenvalue weighted by Gasteiger charge is 2.08. The average molecular weight is 387 g/mol. The Labute approximate surface area is 169 Å². The zero-order chi connectivity index (χ0) is 20.6. The zero-order valence-electron chi connectivity index (χ0n) is 16.1. The van der Waals surface area contributed by atoms with Gasteiger partial charge in [-0.2, -0.15) is 5.26 Å². The Morgan fingerprint density at radius 1 is 1.17 bits per heavy atom. The van der Waals surface area contributed by atoms with Gasteiger partial charge in [0.15, 0.2) is 6.61 Å². The second kappa shape index (κ2) is 9.38. The molecule has 29 heavy (non-hydrogen) atoms. The van der Waals surface area contributed by atoms with Crippen molar-refractivity contribution in [3.05, 3.63) is 71.9 Å². The Bertz CT molecular complexity index is 1090. The van der Waals surface area contributed by atoms with Crippen molar-refractivity contribution in [2.45, 2.75) is 19.9 Å². The smallest absolute Gasteiger partial charge is 0.331 e. The summed E-state index contributed by atoms with van der Waals surface area (Å²) >= 11 is 0. The molecule has 0 unspecified atom stereocenters. The van der Waals surface area contributed by atoms with E-state index in [-0.39, 0.29) is 6.61 Å². The fraction of sp³-hybridized carbons (Fsp3) is 0.174. The van der Waals surface area contributed by atoms with Gasteiger partial charge < -0.3 is 14.6 Å². The molecule has 3 rings (SSSR count). The number of benzene rings is 2. The minimum Gasteiger partial charge on any atom is -0.452 e. The van der Waals surface area contributed by atoms with Crippen LogP contribution in [0.25, 0.3) is 17.0 Å². The van der Waals surface area contributed by atoms with Gasteiger partial charge in [0.1, 0.15) is 0 Å². The Morgan fingerprint density at radius 2 is 1.93 bits per heavy atom. The largest absolute Gasteiger partial charge is 0.452 e. The number of nitriles is 1. The number of nitrogens with zero attached hydrogens (tertiary/aromatic N) is 2. The molecule has 0 saturated carbocycles. The first-order valence-electron chi connectivity index (χ1n) is 9.23. The lowest BCUT2D eigenvalue weighted by atomic mass is 10.1. The van der Waals surface area contributed by atoms with Gasteiger partial charge in [-0.05, 0) is 31.2 Å². The molecule has 0 aliphatic carbocycles. The van der Waals surface area contributed by atoms with E-state index in [0.717, 1.165) is 22.0 Å². The van der Waals surface area contributed by atoms with Crippen LogP contribution in [0.5, 0.6) is 0 Å². The molecule has 0 atom stereocenters. The van der Waals surface area contributed by atoms with E-state index in [0.29, 0.717) is 18.7 Å². The van der Waals surface area contributed by atoms with Crippen LogP contribution < -0.4 is 5.32 Å². The molecule has 0 radical (unpaired) electrons. The number of para-hydroxylation sites is 1. The van der Waals surface area contributed by atoms with E-state index in [2.05, 4.69) is 11.4 Å². The quantitative estimate of drug-likeness (QED) is 0.489. The number of hydrogen-bond donors (Lipinski definition) is 1. The lowest BCUT2D eigenvalue weighted by Crippen LogP contribution is -2.20. The summed E-state index contributed by atoms with van der Waals surface area (Å²) in [5.41, 5.74) is 3.58. The Morgan fingerprint density at radius 3 is 2.69 bits per heavy atom. The Balaban J connectivity index is 1.59. The number of carbonyl (C=O) groups excluding carboxylic acids is 2. The van der Waals surface area contributed by atoms with Gasteiger partial charge in [-0.1, -0.05) is 35.9 Å². The molecule has 6 heteroatoms. The number of esters is 1. The Kier molecular flexibility index (Phi) is 6.43. The number of fused-ring (bicyclic) bond motifs is 1. The third-order valence-corrected chi connectivity index (χ3v) is 4.36. The van der Waals surface area contributed by atoms with Crippen molar-refractivity contribution in [3.63, 3.8) is 0 Å². The summed E-state index contributed by atoms with van der Waals surface area (Å²) in [5, 5.41) is 12.5. The molecule has 2 aromatic carbocycles. The molecular formula is C23H21N3O3. The number of aromatic nitrogens is 1. The summed E-state index contributed by atoms with van der Waals surface area (Å²) in [6, 6.07) is 17.3. The first kappa shape index (κ1) is 19.9. The number of carbonyl (C=O) groups is 2. The summed E-state index contributed by atoms with van der Waals surface area (Å²) in [4.78, 5) is 23.9. The second-order valence-corrected chi connectivity index (χ2v) is 6.56. The Hall–Kier alpha value is -3.85. The SMILES string of the molecule is Cc1ccc(NC(=O)COC(=O)/C=C/c2cn(CCC#N)c3ccccc23)cc1. The highest BCUT2D eigenvalue weighted by atomic mass is 16.5. The molecule has 6 nitrogen and oxygen atoms in total. The van der Waals surface area contributed by atoms with Gasteiger partial charge in [0.2, 0.25) is 0 Å². The fourth-order valence-corrected chi connectivity index (χ4v) is 2.94. The minimum absolute atomic E-state index is 0.360. The zero-order valence-corrected chi connectivity index (χ0v) is 16.1. The summed E-state index contributed by atoms with van der Waals surface area (Å²) in [6.07, 6.45) is 5.26. The standard InChI is InChI=1S/C23H21N3O3/c1-17-7-10-19(11-8-17)25-22(27)16-29-23(28)12-9-18-15-26(14-4-13-24)21-6-3-2-5-20(18)21/h2-3,5-12,15H,4,14,16H2,1H3,(H,25,27)/b12-9+. The van der Waals surface area contributed by atoms with Gasteiger partial charge in [0, 0.05) is 41.0 Å². The van der Waals surface area contributed by atoms with Crippen LogP contribution >= 0.6 is 0 Å². The van der Waals surface area contributed by atoms with Crippen LogP contribution in [0, 0.1) is 18.3 Å². The number of ether oxygens (including phenoxy) is 1. The molecule has 1 heterocycles. The van der Waals surface area contributed by atoms with E-state index in [1.807, 2.05) is 54.1 Å². The van der Waals surface area contributed by atoms with Crippen molar-refractivity contribution >= 4 is 34.5 Å². The number of nitrogens with one attached hydrogen (secondary N) is 1. The second-order valence-electron chi connectivity index (χ2n) is 6.56. The first-order valence-corrected chi connectivity index (χ1v) is 9.23. The van der Waals surface area contributed by atoms with Gasteiger partial charge in [-0.3, -0.25) is 4.79 Å². The van der Waals surface area contributed by atoms with Crippen LogP contribution in [0.4, 0.5) is 5.69 Å². The third-order valence-electron chi connectivity index (χ3n) is 4.36. The van der Waals surface area contributed by atoms with E-state index in [4.69, 9.17) is 10.00 Å². The maximum Gasteiger partial charge on any atom is 0.331 e. The topological polar surface area (TPSA) is 84.1 Å². The van der Waals surface area contributed by atoms with Gasteiger partial charge >= 0.3 is 5.97 Å². The lowest BCUT2D eigenvalue weighted by Gasteiger charge is -2.05. The first-order chi connectivity index (χ1) is 14.1. The molecular weight excluding hydrogens is 366 g/mol. The van der Waals surface area contributed by atoms with Crippen LogP contribution in [0.3, 0.4) is 0 Å². The van der Waals surface area contributed by atoms with E-state index in [9.17, 15) is 9.59 Å². The molecule has 1 N–H and O–H groups in total. The molecule has 146 valence electrons. The predicted octanol–water partition coefficient (Wildman–Crippen LogP) is 4.06. The molecule has 0 aliphatic heterocycles. The van der Waals surface area contributed by atoms with Gasteiger partial charge in [-0.25, -0.2) is 4.79 Å². The molecule has 1 amide bonds. The van der Waals surface area contributed by atoms with Crippen molar-refractivity contribution in [1.29, 1.82) is 5.26 Å². The molecule has 1 aromatic heterocycles. The predicted molar refractivity (Wildman–Crippen MR) is 112 cm³/mol. The number of anilines is 1. The molecule has 3 aromatic rings. The van der Waals surface area contributed by atoms with Gasteiger partial charge in [0.25, 0.3) is 5.91 Å². The van der Waals surface area contributed by atoms with E-state index in [1.54, 1.807) is 18.2 Å². The summed E-state index contributed by atoms with van der Waals surface area (Å²) in [5.74, 6) is -0.998. The van der Waals surface area contributed by atoms with Crippen LogP contribution in [0.15, 0.2) is 60.8 Å². The summed E-state index contributed by atoms with van der Waals surface area (Å²) < 4.78 is 7.00.